The Kier molecular flexibility index (Phi) is 6.94. The van der Waals surface area contributed by atoms with Crippen molar-refractivity contribution in [3.63, 3.8) is 0 Å². The van der Waals surface area contributed by atoms with Gasteiger partial charge in [0.15, 0.2) is 0 Å². The third-order valence-electron chi connectivity index (χ3n) is 4.50. The standard InChI is InChI=1S/C21H21ClN2O6/c1-29-21(28)17-11-24(8-9-25)20(27)19(17)23-15-4-7-18(13(10-15)12-26)30-16-5-2-14(22)3-6-16/h2-7,10,23,25-26H,8-9,11-12H2,1H3. The van der Waals surface area contributed by atoms with Gasteiger partial charge in [-0.25, -0.2) is 4.79 Å². The van der Waals surface area contributed by atoms with Gasteiger partial charge in [0.25, 0.3) is 5.91 Å². The molecule has 3 rings (SSSR count). The molecule has 0 fully saturated rings. The van der Waals surface area contributed by atoms with Gasteiger partial charge in [-0.2, -0.15) is 0 Å². The van der Waals surface area contributed by atoms with Crippen molar-refractivity contribution >= 4 is 29.2 Å². The molecule has 0 aliphatic carbocycles. The molecule has 8 nitrogen and oxygen atoms in total. The molecule has 30 heavy (non-hydrogen) atoms. The minimum Gasteiger partial charge on any atom is -0.466 e. The number of rotatable bonds is 8. The Labute approximate surface area is 178 Å². The molecule has 1 aliphatic rings. The van der Waals surface area contributed by atoms with Crippen molar-refractivity contribution in [3.05, 3.63) is 64.3 Å². The van der Waals surface area contributed by atoms with Crippen molar-refractivity contribution in [2.75, 3.05) is 32.1 Å². The van der Waals surface area contributed by atoms with E-state index >= 15 is 0 Å². The highest BCUT2D eigenvalue weighted by Gasteiger charge is 2.34. The van der Waals surface area contributed by atoms with Crippen molar-refractivity contribution in [1.82, 2.24) is 4.90 Å². The number of halogens is 1. The summed E-state index contributed by atoms with van der Waals surface area (Å²) in [6, 6.07) is 11.7. The van der Waals surface area contributed by atoms with Crippen LogP contribution in [-0.4, -0.2) is 53.8 Å². The van der Waals surface area contributed by atoms with Gasteiger partial charge in [-0.1, -0.05) is 11.6 Å². The monoisotopic (exact) mass is 432 g/mol. The Morgan fingerprint density at radius 2 is 1.93 bits per heavy atom. The first kappa shape index (κ1) is 21.6. The Morgan fingerprint density at radius 3 is 2.57 bits per heavy atom. The molecule has 1 heterocycles. The second kappa shape index (κ2) is 9.62. The van der Waals surface area contributed by atoms with Crippen LogP contribution in [0, 0.1) is 0 Å². The van der Waals surface area contributed by atoms with E-state index in [0.29, 0.717) is 27.8 Å². The fraction of sp³-hybridized carbons (Fsp3) is 0.238. The first-order valence-electron chi connectivity index (χ1n) is 9.12. The highest BCUT2D eigenvalue weighted by atomic mass is 35.5. The van der Waals surface area contributed by atoms with Crippen LogP contribution in [0.5, 0.6) is 11.5 Å². The Hall–Kier alpha value is -3.07. The molecule has 0 atom stereocenters. The van der Waals surface area contributed by atoms with Crippen LogP contribution in [0.2, 0.25) is 5.02 Å². The van der Waals surface area contributed by atoms with E-state index < -0.39 is 11.9 Å². The third kappa shape index (κ3) is 4.73. The molecule has 9 heteroatoms. The molecular formula is C21H21ClN2O6. The number of β-amino-alcohol motifs (C(OH)–C–C–N with tert-alkyl or cyclic N) is 1. The molecule has 2 aromatic rings. The van der Waals surface area contributed by atoms with Crippen LogP contribution in [0.4, 0.5) is 5.69 Å². The molecule has 0 saturated carbocycles. The SMILES string of the molecule is COC(=O)C1=C(Nc2ccc(Oc3ccc(Cl)cc3)c(CO)c2)C(=O)N(CCO)C1. The summed E-state index contributed by atoms with van der Waals surface area (Å²) in [6.45, 7) is -0.385. The number of amides is 1. The van der Waals surface area contributed by atoms with Crippen LogP contribution in [0.15, 0.2) is 53.7 Å². The molecule has 0 spiro atoms. The van der Waals surface area contributed by atoms with Gasteiger partial charge < -0.3 is 29.9 Å². The second-order valence-corrected chi connectivity index (χ2v) is 6.89. The molecule has 1 amide bonds. The average Bonchev–Trinajstić information content (AvgIpc) is 3.06. The fourth-order valence-corrected chi connectivity index (χ4v) is 3.13. The molecule has 0 aromatic heterocycles. The van der Waals surface area contributed by atoms with Gasteiger partial charge in [0.1, 0.15) is 17.2 Å². The predicted octanol–water partition coefficient (Wildman–Crippen LogP) is 2.30. The summed E-state index contributed by atoms with van der Waals surface area (Å²) >= 11 is 5.88. The summed E-state index contributed by atoms with van der Waals surface area (Å²) in [6.07, 6.45) is 0. The number of carbonyl (C=O) groups excluding carboxylic acids is 2. The van der Waals surface area contributed by atoms with Gasteiger partial charge in [-0.3, -0.25) is 4.79 Å². The lowest BCUT2D eigenvalue weighted by atomic mass is 10.1. The number of benzene rings is 2. The predicted molar refractivity (Wildman–Crippen MR) is 110 cm³/mol. The van der Waals surface area contributed by atoms with Crippen LogP contribution in [0.1, 0.15) is 5.56 Å². The van der Waals surface area contributed by atoms with Crippen molar-refractivity contribution in [3.8, 4) is 11.5 Å². The average molecular weight is 433 g/mol. The van der Waals surface area contributed by atoms with Crippen LogP contribution in [0.25, 0.3) is 0 Å². The summed E-state index contributed by atoms with van der Waals surface area (Å²) in [4.78, 5) is 26.1. The Balaban J connectivity index is 1.85. The van der Waals surface area contributed by atoms with Gasteiger partial charge in [-0.05, 0) is 42.5 Å². The minimum absolute atomic E-state index is 0.0407. The quantitative estimate of drug-likeness (QED) is 0.549. The van der Waals surface area contributed by atoms with E-state index in [4.69, 9.17) is 26.2 Å². The van der Waals surface area contributed by atoms with Gasteiger partial charge >= 0.3 is 5.97 Å². The lowest BCUT2D eigenvalue weighted by molar-refractivity contribution is -0.136. The van der Waals surface area contributed by atoms with E-state index in [1.54, 1.807) is 42.5 Å². The number of methoxy groups -OCH3 is 1. The summed E-state index contributed by atoms with van der Waals surface area (Å²) in [5.74, 6) is -0.0591. The van der Waals surface area contributed by atoms with Crippen LogP contribution in [0.3, 0.4) is 0 Å². The number of aliphatic hydroxyl groups is 2. The van der Waals surface area contributed by atoms with Crippen molar-refractivity contribution < 1.29 is 29.3 Å². The molecule has 3 N–H and O–H groups in total. The molecule has 0 saturated heterocycles. The van der Waals surface area contributed by atoms with Gasteiger partial charge in [0.05, 0.1) is 32.4 Å². The zero-order chi connectivity index (χ0) is 21.7. The molecule has 0 bridgehead atoms. The zero-order valence-corrected chi connectivity index (χ0v) is 17.0. The molecule has 0 radical (unpaired) electrons. The maximum atomic E-state index is 12.6. The third-order valence-corrected chi connectivity index (χ3v) is 4.75. The normalized spacial score (nSPS) is 13.6. The number of nitrogens with one attached hydrogen (secondary N) is 1. The Bertz CT molecular complexity index is 974. The molecule has 2 aromatic carbocycles. The first-order valence-corrected chi connectivity index (χ1v) is 9.50. The maximum Gasteiger partial charge on any atom is 0.337 e. The maximum absolute atomic E-state index is 12.6. The zero-order valence-electron chi connectivity index (χ0n) is 16.2. The summed E-state index contributed by atoms with van der Waals surface area (Å²) in [5.41, 5.74) is 1.21. The smallest absolute Gasteiger partial charge is 0.337 e. The molecule has 1 aliphatic heterocycles. The second-order valence-electron chi connectivity index (χ2n) is 6.46. The number of hydrogen-bond acceptors (Lipinski definition) is 7. The van der Waals surface area contributed by atoms with Crippen LogP contribution < -0.4 is 10.1 Å². The first-order chi connectivity index (χ1) is 14.5. The molecule has 158 valence electrons. The van der Waals surface area contributed by atoms with Gasteiger partial charge in [-0.15, -0.1) is 0 Å². The van der Waals surface area contributed by atoms with E-state index in [0.717, 1.165) is 0 Å². The van der Waals surface area contributed by atoms with Crippen LogP contribution in [-0.2, 0) is 20.9 Å². The summed E-state index contributed by atoms with van der Waals surface area (Å²) < 4.78 is 10.6. The highest BCUT2D eigenvalue weighted by molar-refractivity contribution is 6.30. The minimum atomic E-state index is -0.628. The lowest BCUT2D eigenvalue weighted by Gasteiger charge is -2.16. The van der Waals surface area contributed by atoms with Crippen molar-refractivity contribution in [1.29, 1.82) is 0 Å². The van der Waals surface area contributed by atoms with E-state index in [1.165, 1.54) is 12.0 Å². The number of anilines is 1. The number of ether oxygens (including phenoxy) is 2. The van der Waals surface area contributed by atoms with E-state index in [1.807, 2.05) is 0 Å². The summed E-state index contributed by atoms with van der Waals surface area (Å²) in [7, 11) is 1.24. The Morgan fingerprint density at radius 1 is 1.20 bits per heavy atom. The van der Waals surface area contributed by atoms with Gasteiger partial charge in [0.2, 0.25) is 0 Å². The van der Waals surface area contributed by atoms with Crippen molar-refractivity contribution in [2.45, 2.75) is 6.61 Å². The number of esters is 1. The van der Waals surface area contributed by atoms with Crippen LogP contribution >= 0.6 is 11.6 Å². The largest absolute Gasteiger partial charge is 0.466 e. The number of aliphatic hydroxyl groups excluding tert-OH is 2. The number of hydrogen-bond donors (Lipinski definition) is 3. The highest BCUT2D eigenvalue weighted by Crippen LogP contribution is 2.30. The lowest BCUT2D eigenvalue weighted by Crippen LogP contribution is -2.31. The topological polar surface area (TPSA) is 108 Å². The van der Waals surface area contributed by atoms with E-state index in [2.05, 4.69) is 5.32 Å². The number of carbonyl (C=O) groups is 2. The molecule has 0 unspecified atom stereocenters. The van der Waals surface area contributed by atoms with E-state index in [-0.39, 0.29) is 37.6 Å². The summed E-state index contributed by atoms with van der Waals surface area (Å²) in [5, 5.41) is 22.4. The number of nitrogens with zero attached hydrogens (tertiary/aromatic N) is 1. The van der Waals surface area contributed by atoms with Crippen molar-refractivity contribution in [2.24, 2.45) is 0 Å². The van der Waals surface area contributed by atoms with E-state index in [9.17, 15) is 14.7 Å². The van der Waals surface area contributed by atoms with Gasteiger partial charge in [0, 0.05) is 22.8 Å². The molecular weight excluding hydrogens is 412 g/mol. The fourth-order valence-electron chi connectivity index (χ4n) is 3.00.